The molecule has 1 aliphatic heterocycles. The molecule has 1 N–H and O–H groups in total. The maximum atomic E-state index is 14.5. The van der Waals surface area contributed by atoms with Gasteiger partial charge in [-0.1, -0.05) is 12.1 Å². The molecule has 4 aromatic heterocycles. The summed E-state index contributed by atoms with van der Waals surface area (Å²) in [5, 5.41) is 7.65. The van der Waals surface area contributed by atoms with E-state index >= 15 is 0 Å². The molecule has 7 rings (SSSR count). The van der Waals surface area contributed by atoms with Crippen molar-refractivity contribution in [2.75, 3.05) is 43.4 Å². The van der Waals surface area contributed by atoms with Crippen LogP contribution in [0.15, 0.2) is 107 Å². The topological polar surface area (TPSA) is 140 Å². The van der Waals surface area contributed by atoms with Crippen LogP contribution in [0.25, 0.3) is 11.0 Å². The number of hydrogen-bond acceptors (Lipinski definition) is 11. The Kier molecular flexibility index (Phi) is 8.29. The molecule has 48 heavy (non-hydrogen) atoms. The first-order chi connectivity index (χ1) is 23.3. The molecular formula is C33H30FN9O4S. The second-order valence-corrected chi connectivity index (χ2v) is 13.0. The maximum Gasteiger partial charge on any atom is 0.295 e. The molecule has 1 saturated heterocycles. The predicted molar refractivity (Wildman–Crippen MR) is 178 cm³/mol. The summed E-state index contributed by atoms with van der Waals surface area (Å²) in [5.41, 5.74) is 1.55. The first-order valence-corrected chi connectivity index (χ1v) is 16.5. The Morgan fingerprint density at radius 1 is 0.917 bits per heavy atom. The summed E-state index contributed by atoms with van der Waals surface area (Å²) in [6, 6.07) is 19.3. The quantitative estimate of drug-likeness (QED) is 0.238. The predicted octanol–water partition coefficient (Wildman–Crippen LogP) is 4.10. The van der Waals surface area contributed by atoms with Crippen molar-refractivity contribution in [2.45, 2.75) is 11.4 Å². The third-order valence-electron chi connectivity index (χ3n) is 8.02. The van der Waals surface area contributed by atoms with Crippen LogP contribution in [0, 0.1) is 5.82 Å². The van der Waals surface area contributed by atoms with Crippen molar-refractivity contribution >= 4 is 38.4 Å². The molecule has 0 atom stereocenters. The van der Waals surface area contributed by atoms with Crippen molar-refractivity contribution in [3.05, 3.63) is 119 Å². The zero-order valence-electron chi connectivity index (χ0n) is 25.8. The molecule has 15 heteroatoms. The van der Waals surface area contributed by atoms with Crippen molar-refractivity contribution in [3.63, 3.8) is 0 Å². The average molecular weight is 668 g/mol. The Balaban J connectivity index is 1.26. The summed E-state index contributed by atoms with van der Waals surface area (Å²) >= 11 is 0. The highest BCUT2D eigenvalue weighted by Crippen LogP contribution is 2.26. The molecule has 1 aliphatic rings. The third kappa shape index (κ3) is 6.20. The Morgan fingerprint density at radius 3 is 2.42 bits per heavy atom. The fourth-order valence-electron chi connectivity index (χ4n) is 5.43. The lowest BCUT2D eigenvalue weighted by molar-refractivity contribution is 0.313. The molecule has 5 heterocycles. The number of piperazine rings is 1. The van der Waals surface area contributed by atoms with Gasteiger partial charge in [-0.2, -0.15) is 22.6 Å². The minimum atomic E-state index is -4.12. The lowest BCUT2D eigenvalue weighted by Crippen LogP contribution is -2.44. The molecule has 0 radical (unpaired) electrons. The number of anilines is 3. The molecule has 0 bridgehead atoms. The zero-order valence-corrected chi connectivity index (χ0v) is 26.6. The van der Waals surface area contributed by atoms with Crippen LogP contribution in [-0.2, 0) is 16.6 Å². The van der Waals surface area contributed by atoms with E-state index in [1.165, 1.54) is 71.8 Å². The van der Waals surface area contributed by atoms with Gasteiger partial charge in [0, 0.05) is 61.5 Å². The van der Waals surface area contributed by atoms with Crippen LogP contribution in [0.5, 0.6) is 11.5 Å². The number of pyridine rings is 2. The van der Waals surface area contributed by atoms with Gasteiger partial charge in [0.2, 0.25) is 5.95 Å². The standard InChI is InChI=1S/C33H30FN9O4S/c1-40-16-18-41(19-17-40)25-8-6-24(7-9-25)38-33-36-21-23-20-30(47-29-5-3-2-4-28(29)34)32(44)42(31(23)39-33)22-26-10-15-37-43(26)48(45,46)27-11-13-35-14-12-27/h2-15,20-21H,16-19,22H2,1H3,(H,36,38,39). The van der Waals surface area contributed by atoms with E-state index in [1.54, 1.807) is 6.07 Å². The number of rotatable bonds is 9. The van der Waals surface area contributed by atoms with E-state index in [1.807, 2.05) is 24.3 Å². The van der Waals surface area contributed by atoms with Gasteiger partial charge in [0.1, 0.15) is 5.65 Å². The molecule has 13 nitrogen and oxygen atoms in total. The zero-order chi connectivity index (χ0) is 33.3. The summed E-state index contributed by atoms with van der Waals surface area (Å²) in [4.78, 5) is 31.6. The largest absolute Gasteiger partial charge is 0.448 e. The number of halogens is 1. The van der Waals surface area contributed by atoms with Crippen LogP contribution in [0.2, 0.25) is 0 Å². The molecule has 244 valence electrons. The van der Waals surface area contributed by atoms with E-state index < -0.39 is 21.4 Å². The van der Waals surface area contributed by atoms with Gasteiger partial charge in [-0.25, -0.2) is 9.37 Å². The van der Waals surface area contributed by atoms with E-state index in [0.29, 0.717) is 5.39 Å². The molecule has 6 aromatic rings. The van der Waals surface area contributed by atoms with Gasteiger partial charge in [-0.05, 0) is 67.7 Å². The van der Waals surface area contributed by atoms with Gasteiger partial charge in [-0.15, -0.1) is 0 Å². The highest BCUT2D eigenvalue weighted by atomic mass is 32.2. The van der Waals surface area contributed by atoms with E-state index in [0.717, 1.165) is 41.6 Å². The number of fused-ring (bicyclic) bond motifs is 1. The number of para-hydroxylation sites is 1. The smallest absolute Gasteiger partial charge is 0.295 e. The summed E-state index contributed by atoms with van der Waals surface area (Å²) in [7, 11) is -2.01. The number of ether oxygens (including phenoxy) is 1. The van der Waals surface area contributed by atoms with Crippen molar-refractivity contribution in [1.29, 1.82) is 0 Å². The summed E-state index contributed by atoms with van der Waals surface area (Å²) in [6.07, 6.45) is 5.57. The number of aromatic nitrogens is 6. The molecule has 2 aromatic carbocycles. The van der Waals surface area contributed by atoms with Crippen LogP contribution < -0.4 is 20.5 Å². The minimum Gasteiger partial charge on any atom is -0.448 e. The Bertz CT molecular complexity index is 2250. The molecular weight excluding hydrogens is 637 g/mol. The SMILES string of the molecule is CN1CCN(c2ccc(Nc3ncc4cc(Oc5ccccc5F)c(=O)n(Cc5ccnn5S(=O)(=O)c5ccncc5)c4n3)cc2)CC1. The second kappa shape index (κ2) is 12.8. The van der Waals surface area contributed by atoms with Crippen molar-refractivity contribution in [1.82, 2.24) is 33.6 Å². The van der Waals surface area contributed by atoms with E-state index in [9.17, 15) is 17.6 Å². The van der Waals surface area contributed by atoms with E-state index in [2.05, 4.69) is 42.2 Å². The fourth-order valence-corrected chi connectivity index (χ4v) is 6.70. The van der Waals surface area contributed by atoms with Crippen molar-refractivity contribution in [2.24, 2.45) is 0 Å². The lowest BCUT2D eigenvalue weighted by atomic mass is 10.2. The first-order valence-electron chi connectivity index (χ1n) is 15.1. The lowest BCUT2D eigenvalue weighted by Gasteiger charge is -2.34. The van der Waals surface area contributed by atoms with Crippen LogP contribution in [0.1, 0.15) is 5.69 Å². The molecule has 0 amide bonds. The van der Waals surface area contributed by atoms with Crippen LogP contribution in [-0.4, -0.2) is 75.2 Å². The van der Waals surface area contributed by atoms with Crippen LogP contribution in [0.3, 0.4) is 0 Å². The Labute approximate surface area is 274 Å². The Morgan fingerprint density at radius 2 is 1.67 bits per heavy atom. The summed E-state index contributed by atoms with van der Waals surface area (Å²) in [5.74, 6) is -0.785. The highest BCUT2D eigenvalue weighted by Gasteiger charge is 2.23. The van der Waals surface area contributed by atoms with Crippen molar-refractivity contribution in [3.8, 4) is 11.5 Å². The molecule has 0 spiro atoms. The maximum absolute atomic E-state index is 14.5. The van der Waals surface area contributed by atoms with E-state index in [4.69, 9.17) is 4.74 Å². The minimum absolute atomic E-state index is 0.0243. The molecule has 0 saturated carbocycles. The fraction of sp³-hybridized carbons (Fsp3) is 0.182. The first kappa shape index (κ1) is 31.0. The van der Waals surface area contributed by atoms with Gasteiger partial charge in [0.15, 0.2) is 17.3 Å². The van der Waals surface area contributed by atoms with Gasteiger partial charge in [0.05, 0.1) is 23.3 Å². The normalized spacial score (nSPS) is 13.9. The molecule has 0 aliphatic carbocycles. The highest BCUT2D eigenvalue weighted by molar-refractivity contribution is 7.89. The summed E-state index contributed by atoms with van der Waals surface area (Å²) < 4.78 is 49.3. The number of hydrogen-bond donors (Lipinski definition) is 1. The third-order valence-corrected chi connectivity index (χ3v) is 9.67. The number of nitrogens with one attached hydrogen (secondary N) is 1. The number of nitrogens with zero attached hydrogens (tertiary/aromatic N) is 8. The molecule has 1 fully saturated rings. The number of likely N-dealkylation sites (N-methyl/N-ethyl adjacent to an activating group) is 1. The second-order valence-electron chi connectivity index (χ2n) is 11.2. The average Bonchev–Trinajstić information content (AvgIpc) is 3.58. The van der Waals surface area contributed by atoms with Gasteiger partial charge >= 0.3 is 0 Å². The number of benzene rings is 2. The monoisotopic (exact) mass is 667 g/mol. The van der Waals surface area contributed by atoms with Crippen molar-refractivity contribution < 1.29 is 17.5 Å². The van der Waals surface area contributed by atoms with Gasteiger partial charge in [0.25, 0.3) is 15.6 Å². The summed E-state index contributed by atoms with van der Waals surface area (Å²) in [6.45, 7) is 3.62. The van der Waals surface area contributed by atoms with Gasteiger partial charge in [-0.3, -0.25) is 14.3 Å². The van der Waals surface area contributed by atoms with E-state index in [-0.39, 0.29) is 40.2 Å². The van der Waals surface area contributed by atoms with Crippen LogP contribution in [0.4, 0.5) is 21.7 Å². The van der Waals surface area contributed by atoms with Crippen LogP contribution >= 0.6 is 0 Å². The Hall–Kier alpha value is -5.67. The molecule has 0 unspecified atom stereocenters. The van der Waals surface area contributed by atoms with Gasteiger partial charge < -0.3 is 19.9 Å².